The summed E-state index contributed by atoms with van der Waals surface area (Å²) in [5, 5.41) is 14.3. The van der Waals surface area contributed by atoms with Gasteiger partial charge in [0.2, 0.25) is 0 Å². The Bertz CT molecular complexity index is 797. The second-order valence-corrected chi connectivity index (χ2v) is 6.18. The Balaban J connectivity index is 2.23. The van der Waals surface area contributed by atoms with Gasteiger partial charge in [-0.25, -0.2) is 5.43 Å². The lowest BCUT2D eigenvalue weighted by Crippen LogP contribution is -2.18. The molecule has 0 aromatic heterocycles. The highest BCUT2D eigenvalue weighted by molar-refractivity contribution is 9.10. The summed E-state index contributed by atoms with van der Waals surface area (Å²) in [5.41, 5.74) is 2.94. The maximum absolute atomic E-state index is 12.1. The second-order valence-electron chi connectivity index (χ2n) is 4.54. The number of phenols is 1. The molecule has 0 fully saturated rings. The van der Waals surface area contributed by atoms with Gasteiger partial charge in [0.05, 0.1) is 34.0 Å². The van der Waals surface area contributed by atoms with Gasteiger partial charge < -0.3 is 9.84 Å². The fraction of sp³-hybridized carbons (Fsp3) is 0.125. The van der Waals surface area contributed by atoms with Gasteiger partial charge in [0.1, 0.15) is 0 Å². The molecule has 0 aliphatic carbocycles. The van der Waals surface area contributed by atoms with E-state index < -0.39 is 5.91 Å². The number of rotatable bonds is 5. The number of amides is 1. The zero-order valence-corrected chi connectivity index (χ0v) is 15.6. The number of hydrogen-bond acceptors (Lipinski definition) is 4. The Hall–Kier alpha value is -1.76. The molecular formula is C16H13BrCl2N2O3. The third-order valence-corrected chi connectivity index (χ3v) is 4.46. The summed E-state index contributed by atoms with van der Waals surface area (Å²) in [4.78, 5) is 12.1. The molecule has 0 heterocycles. The topological polar surface area (TPSA) is 70.9 Å². The van der Waals surface area contributed by atoms with Crippen molar-refractivity contribution in [2.45, 2.75) is 6.92 Å². The van der Waals surface area contributed by atoms with Crippen LogP contribution >= 0.6 is 39.1 Å². The third kappa shape index (κ3) is 4.20. The lowest BCUT2D eigenvalue weighted by atomic mass is 10.2. The van der Waals surface area contributed by atoms with Crippen LogP contribution in [-0.4, -0.2) is 23.8 Å². The lowest BCUT2D eigenvalue weighted by Gasteiger charge is -2.10. The molecule has 24 heavy (non-hydrogen) atoms. The molecule has 0 aliphatic heterocycles. The number of aromatic hydroxyl groups is 1. The number of phenolic OH excluding ortho intramolecular Hbond substituents is 1. The van der Waals surface area contributed by atoms with E-state index in [1.54, 1.807) is 31.2 Å². The van der Waals surface area contributed by atoms with Crippen molar-refractivity contribution in [3.05, 3.63) is 56.0 Å². The minimum Gasteiger partial charge on any atom is -0.504 e. The Morgan fingerprint density at radius 3 is 2.79 bits per heavy atom. The summed E-state index contributed by atoms with van der Waals surface area (Å²) >= 11 is 15.4. The molecule has 0 unspecified atom stereocenters. The molecule has 0 spiro atoms. The summed E-state index contributed by atoms with van der Waals surface area (Å²) in [5.74, 6) is -0.433. The molecular weight excluding hydrogens is 419 g/mol. The van der Waals surface area contributed by atoms with Gasteiger partial charge in [-0.3, -0.25) is 4.79 Å². The number of hydrazone groups is 1. The van der Waals surface area contributed by atoms with E-state index in [2.05, 4.69) is 26.5 Å². The van der Waals surface area contributed by atoms with Crippen LogP contribution in [0.4, 0.5) is 0 Å². The number of carbonyl (C=O) groups excluding carboxylic acids is 1. The fourth-order valence-corrected chi connectivity index (χ4v) is 2.72. The van der Waals surface area contributed by atoms with E-state index in [4.69, 9.17) is 27.9 Å². The number of benzene rings is 2. The molecule has 2 rings (SSSR count). The number of carbonyl (C=O) groups is 1. The Kier molecular flexibility index (Phi) is 6.48. The van der Waals surface area contributed by atoms with Gasteiger partial charge in [-0.15, -0.1) is 0 Å². The largest absolute Gasteiger partial charge is 0.504 e. The van der Waals surface area contributed by atoms with Crippen molar-refractivity contribution in [3.63, 3.8) is 0 Å². The molecule has 2 aromatic carbocycles. The van der Waals surface area contributed by atoms with E-state index in [1.165, 1.54) is 12.3 Å². The zero-order valence-electron chi connectivity index (χ0n) is 12.5. The number of nitrogens with one attached hydrogen (secondary N) is 1. The minimum absolute atomic E-state index is 0.108. The summed E-state index contributed by atoms with van der Waals surface area (Å²) in [7, 11) is 0. The predicted octanol–water partition coefficient (Wildman–Crippen LogP) is 4.62. The van der Waals surface area contributed by atoms with Gasteiger partial charge in [0, 0.05) is 10.5 Å². The van der Waals surface area contributed by atoms with Crippen molar-refractivity contribution in [2.24, 2.45) is 5.10 Å². The Morgan fingerprint density at radius 1 is 1.42 bits per heavy atom. The first-order valence-corrected chi connectivity index (χ1v) is 8.42. The quantitative estimate of drug-likeness (QED) is 0.535. The van der Waals surface area contributed by atoms with Crippen LogP contribution in [0.2, 0.25) is 10.0 Å². The first-order valence-electron chi connectivity index (χ1n) is 6.87. The SMILES string of the molecule is CCOc1cc(Cl)c(Cl)c(/C=N/NC(=O)c2ccccc2Br)c1O. The lowest BCUT2D eigenvalue weighted by molar-refractivity contribution is 0.0954. The van der Waals surface area contributed by atoms with Crippen LogP contribution in [0.15, 0.2) is 39.9 Å². The van der Waals surface area contributed by atoms with Crippen LogP contribution in [-0.2, 0) is 0 Å². The van der Waals surface area contributed by atoms with Gasteiger partial charge in [0.15, 0.2) is 11.5 Å². The predicted molar refractivity (Wildman–Crippen MR) is 98.5 cm³/mol. The normalized spacial score (nSPS) is 10.8. The molecule has 126 valence electrons. The molecule has 1 amide bonds. The van der Waals surface area contributed by atoms with Crippen molar-refractivity contribution in [2.75, 3.05) is 6.61 Å². The van der Waals surface area contributed by atoms with Crippen LogP contribution in [0.25, 0.3) is 0 Å². The molecule has 0 aliphatic rings. The number of nitrogens with zero attached hydrogens (tertiary/aromatic N) is 1. The maximum Gasteiger partial charge on any atom is 0.272 e. The maximum atomic E-state index is 12.1. The van der Waals surface area contributed by atoms with Crippen LogP contribution in [0.5, 0.6) is 11.5 Å². The van der Waals surface area contributed by atoms with Crippen LogP contribution in [0, 0.1) is 0 Å². The van der Waals surface area contributed by atoms with E-state index in [-0.39, 0.29) is 27.1 Å². The summed E-state index contributed by atoms with van der Waals surface area (Å²) < 4.78 is 5.92. The fourth-order valence-electron chi connectivity index (χ4n) is 1.86. The molecule has 2 aromatic rings. The first kappa shape index (κ1) is 18.6. The minimum atomic E-state index is -0.415. The van der Waals surface area contributed by atoms with Gasteiger partial charge in [-0.1, -0.05) is 35.3 Å². The second kappa shape index (κ2) is 8.37. The zero-order chi connectivity index (χ0) is 17.7. The van der Waals surface area contributed by atoms with Gasteiger partial charge in [-0.05, 0) is 35.0 Å². The van der Waals surface area contributed by atoms with Crippen LogP contribution < -0.4 is 10.2 Å². The van der Waals surface area contributed by atoms with E-state index >= 15 is 0 Å². The molecule has 8 heteroatoms. The first-order chi connectivity index (χ1) is 11.5. The Labute approximate surface area is 157 Å². The van der Waals surface area contributed by atoms with Gasteiger partial charge in [0.25, 0.3) is 5.91 Å². The molecule has 0 atom stereocenters. The molecule has 5 nitrogen and oxygen atoms in total. The smallest absolute Gasteiger partial charge is 0.272 e. The van der Waals surface area contributed by atoms with Crippen molar-refractivity contribution in [1.82, 2.24) is 5.43 Å². The van der Waals surface area contributed by atoms with Crippen LogP contribution in [0.3, 0.4) is 0 Å². The summed E-state index contributed by atoms with van der Waals surface area (Å²) in [6.07, 6.45) is 1.21. The number of halogens is 3. The van der Waals surface area contributed by atoms with Gasteiger partial charge >= 0.3 is 0 Å². The average Bonchev–Trinajstić information content (AvgIpc) is 2.56. The standard InChI is InChI=1S/C16H13BrCl2N2O3/c1-2-24-13-7-12(18)14(19)10(15(13)22)8-20-21-16(23)9-5-3-4-6-11(9)17/h3-8,22H,2H2,1H3,(H,21,23)/b20-8+. The van der Waals surface area contributed by atoms with Crippen molar-refractivity contribution in [3.8, 4) is 11.5 Å². The summed E-state index contributed by atoms with van der Waals surface area (Å²) in [6.45, 7) is 2.12. The van der Waals surface area contributed by atoms with Crippen molar-refractivity contribution in [1.29, 1.82) is 0 Å². The van der Waals surface area contributed by atoms with E-state index in [1.807, 2.05) is 0 Å². The van der Waals surface area contributed by atoms with E-state index in [9.17, 15) is 9.90 Å². The highest BCUT2D eigenvalue weighted by Gasteiger charge is 2.15. The highest BCUT2D eigenvalue weighted by Crippen LogP contribution is 2.39. The summed E-state index contributed by atoms with van der Waals surface area (Å²) in [6, 6.07) is 8.33. The number of hydrogen-bond donors (Lipinski definition) is 2. The highest BCUT2D eigenvalue weighted by atomic mass is 79.9. The molecule has 0 saturated heterocycles. The van der Waals surface area contributed by atoms with E-state index in [0.29, 0.717) is 16.6 Å². The molecule has 0 bridgehead atoms. The number of ether oxygens (including phenoxy) is 1. The average molecular weight is 432 g/mol. The Morgan fingerprint density at radius 2 is 2.12 bits per heavy atom. The molecule has 2 N–H and O–H groups in total. The monoisotopic (exact) mass is 430 g/mol. The third-order valence-electron chi connectivity index (χ3n) is 2.97. The van der Waals surface area contributed by atoms with Gasteiger partial charge in [-0.2, -0.15) is 5.10 Å². The molecule has 0 radical (unpaired) electrons. The van der Waals surface area contributed by atoms with Crippen molar-refractivity contribution < 1.29 is 14.6 Å². The van der Waals surface area contributed by atoms with E-state index in [0.717, 1.165) is 0 Å². The van der Waals surface area contributed by atoms with Crippen molar-refractivity contribution >= 4 is 51.3 Å². The van der Waals surface area contributed by atoms with Crippen LogP contribution in [0.1, 0.15) is 22.8 Å². The molecule has 0 saturated carbocycles.